The van der Waals surface area contributed by atoms with Crippen LogP contribution >= 0.6 is 0 Å². The van der Waals surface area contributed by atoms with Crippen LogP contribution in [0.1, 0.15) is 44.2 Å². The number of nitrogens with two attached hydrogens (primary N) is 5. The summed E-state index contributed by atoms with van der Waals surface area (Å²) in [5, 5.41) is 25.9. The van der Waals surface area contributed by atoms with E-state index in [1.165, 1.54) is 12.5 Å². The van der Waals surface area contributed by atoms with E-state index >= 15 is 0 Å². The van der Waals surface area contributed by atoms with Crippen molar-refractivity contribution in [2.24, 2.45) is 38.7 Å². The predicted octanol–water partition coefficient (Wildman–Crippen LogP) is -4.21. The average Bonchev–Trinajstić information content (AvgIpc) is 3.42. The second-order valence-corrected chi connectivity index (χ2v) is 9.24. The van der Waals surface area contributed by atoms with Crippen molar-refractivity contribution in [2.75, 3.05) is 13.1 Å². The highest BCUT2D eigenvalue weighted by molar-refractivity contribution is 5.94. The Morgan fingerprint density at radius 1 is 0.810 bits per heavy atom. The number of nitrogens with one attached hydrogen (secondary N) is 4. The first-order chi connectivity index (χ1) is 19.8. The quantitative estimate of drug-likeness (QED) is 0.0386. The summed E-state index contributed by atoms with van der Waals surface area (Å²) in [6, 6.07) is -5.02. The molecule has 4 atom stereocenters. The monoisotopic (exact) mass is 596 g/mol. The van der Waals surface area contributed by atoms with E-state index in [-0.39, 0.29) is 70.0 Å². The van der Waals surface area contributed by atoms with Crippen LogP contribution in [0.4, 0.5) is 0 Å². The Balaban J connectivity index is 3.08. The lowest BCUT2D eigenvalue weighted by Gasteiger charge is -2.25. The third-order valence-electron chi connectivity index (χ3n) is 5.76. The molecule has 1 heterocycles. The maximum atomic E-state index is 13.3. The maximum absolute atomic E-state index is 13.3. The Hall–Kier alpha value is -4.94. The Kier molecular flexibility index (Phi) is 15.4. The fourth-order valence-corrected chi connectivity index (χ4v) is 3.59. The van der Waals surface area contributed by atoms with Crippen molar-refractivity contribution < 1.29 is 34.2 Å². The van der Waals surface area contributed by atoms with E-state index in [0.29, 0.717) is 5.69 Å². The molecule has 4 unspecified atom stereocenters. The molecule has 0 aliphatic rings. The molecule has 0 saturated heterocycles. The lowest BCUT2D eigenvalue weighted by Crippen LogP contribution is -2.57. The summed E-state index contributed by atoms with van der Waals surface area (Å²) in [5.74, 6) is -5.14. The number of imidazole rings is 1. The first-order valence-corrected chi connectivity index (χ1v) is 13.0. The molecule has 42 heavy (non-hydrogen) atoms. The van der Waals surface area contributed by atoms with Gasteiger partial charge in [0, 0.05) is 37.8 Å². The normalized spacial score (nSPS) is 13.5. The number of hydrogen-bond acceptors (Lipinski definition) is 9. The van der Waals surface area contributed by atoms with Crippen molar-refractivity contribution in [2.45, 2.75) is 69.1 Å². The number of aromatic amines is 1. The van der Waals surface area contributed by atoms with Crippen molar-refractivity contribution in [1.29, 1.82) is 0 Å². The summed E-state index contributed by atoms with van der Waals surface area (Å²) in [6.07, 6.45) is 2.68. The molecule has 0 saturated carbocycles. The number of H-pyrrole nitrogens is 1. The minimum atomic E-state index is -1.31. The fourth-order valence-electron chi connectivity index (χ4n) is 3.59. The van der Waals surface area contributed by atoms with Gasteiger partial charge in [0.15, 0.2) is 11.9 Å². The van der Waals surface area contributed by atoms with E-state index in [0.717, 1.165) is 0 Å². The first-order valence-electron chi connectivity index (χ1n) is 13.0. The molecule has 0 bridgehead atoms. The van der Waals surface area contributed by atoms with Crippen LogP contribution in [0.2, 0.25) is 0 Å². The number of aliphatic carboxylic acids is 2. The molecule has 3 amide bonds. The second-order valence-electron chi connectivity index (χ2n) is 9.24. The lowest BCUT2D eigenvalue weighted by atomic mass is 10.1. The van der Waals surface area contributed by atoms with Gasteiger partial charge < -0.3 is 59.8 Å². The lowest BCUT2D eigenvalue weighted by molar-refractivity contribution is -0.142. The fraction of sp³-hybridized carbons (Fsp3) is 0.565. The van der Waals surface area contributed by atoms with Crippen LogP contribution < -0.4 is 44.6 Å². The number of carbonyl (C=O) groups excluding carboxylic acids is 3. The third kappa shape index (κ3) is 14.4. The summed E-state index contributed by atoms with van der Waals surface area (Å²) < 4.78 is 0. The number of aromatic nitrogens is 2. The van der Waals surface area contributed by atoms with Gasteiger partial charge in [-0.3, -0.25) is 29.2 Å². The van der Waals surface area contributed by atoms with Crippen molar-refractivity contribution in [3.05, 3.63) is 18.2 Å². The molecule has 0 aliphatic heterocycles. The number of hydrogen-bond donors (Lipinski definition) is 11. The molecule has 1 rings (SSSR count). The number of nitrogens with zero attached hydrogens (tertiary/aromatic N) is 3. The largest absolute Gasteiger partial charge is 0.481 e. The Labute approximate surface area is 241 Å². The molecule has 16 N–H and O–H groups in total. The van der Waals surface area contributed by atoms with Gasteiger partial charge >= 0.3 is 11.9 Å². The molecule has 0 spiro atoms. The number of carbonyl (C=O) groups is 5. The number of guanidine groups is 2. The van der Waals surface area contributed by atoms with Crippen molar-refractivity contribution in [3.63, 3.8) is 0 Å². The van der Waals surface area contributed by atoms with E-state index in [2.05, 4.69) is 35.9 Å². The number of carboxylic acid groups (broad SMARTS) is 2. The van der Waals surface area contributed by atoms with E-state index in [9.17, 15) is 29.1 Å². The Morgan fingerprint density at radius 2 is 1.33 bits per heavy atom. The van der Waals surface area contributed by atoms with Gasteiger partial charge in [0.25, 0.3) is 0 Å². The molecule has 0 radical (unpaired) electrons. The summed E-state index contributed by atoms with van der Waals surface area (Å²) in [6.45, 7) is 0.275. The number of rotatable bonds is 20. The van der Waals surface area contributed by atoms with Crippen LogP contribution in [0, 0.1) is 0 Å². The molecule has 19 nitrogen and oxygen atoms in total. The third-order valence-corrected chi connectivity index (χ3v) is 5.76. The van der Waals surface area contributed by atoms with Crippen molar-refractivity contribution in [1.82, 2.24) is 25.9 Å². The highest BCUT2D eigenvalue weighted by Crippen LogP contribution is 2.06. The Morgan fingerprint density at radius 3 is 1.83 bits per heavy atom. The molecular formula is C23H40N12O7. The zero-order valence-electron chi connectivity index (χ0n) is 23.0. The topological polar surface area (TPSA) is 345 Å². The van der Waals surface area contributed by atoms with Crippen molar-refractivity contribution >= 4 is 41.6 Å². The van der Waals surface area contributed by atoms with Crippen LogP contribution in [0.3, 0.4) is 0 Å². The molecule has 0 aliphatic carbocycles. The highest BCUT2D eigenvalue weighted by Gasteiger charge is 2.30. The highest BCUT2D eigenvalue weighted by atomic mass is 16.4. The molecule has 1 aromatic heterocycles. The maximum Gasteiger partial charge on any atom is 0.326 e. The summed E-state index contributed by atoms with van der Waals surface area (Å²) in [4.78, 5) is 76.1. The molecule has 1 aromatic rings. The van der Waals surface area contributed by atoms with Gasteiger partial charge in [-0.15, -0.1) is 0 Å². The van der Waals surface area contributed by atoms with Crippen LogP contribution in [0.15, 0.2) is 22.5 Å². The van der Waals surface area contributed by atoms with Gasteiger partial charge in [0.05, 0.1) is 12.4 Å². The molecular weight excluding hydrogens is 556 g/mol. The Bertz CT molecular complexity index is 1100. The van der Waals surface area contributed by atoms with E-state index in [1.54, 1.807) is 0 Å². The second kappa shape index (κ2) is 18.4. The smallest absolute Gasteiger partial charge is 0.326 e. The zero-order valence-corrected chi connectivity index (χ0v) is 23.0. The summed E-state index contributed by atoms with van der Waals surface area (Å²) >= 11 is 0. The van der Waals surface area contributed by atoms with Crippen molar-refractivity contribution in [3.8, 4) is 0 Å². The molecule has 234 valence electrons. The number of carboxylic acids is 2. The van der Waals surface area contributed by atoms with E-state index in [1.807, 2.05) is 0 Å². The van der Waals surface area contributed by atoms with Gasteiger partial charge in [-0.2, -0.15) is 0 Å². The predicted molar refractivity (Wildman–Crippen MR) is 150 cm³/mol. The van der Waals surface area contributed by atoms with Crippen LogP contribution in [-0.4, -0.2) is 99.0 Å². The van der Waals surface area contributed by atoms with Crippen LogP contribution in [-0.2, 0) is 30.4 Å². The summed E-state index contributed by atoms with van der Waals surface area (Å²) in [7, 11) is 0. The minimum absolute atomic E-state index is 0.000280. The van der Waals surface area contributed by atoms with Gasteiger partial charge in [0.1, 0.15) is 18.1 Å². The standard InChI is InChI=1S/C23H40N12O7/c24-13(5-6-17(36)37)18(38)33-14(3-1-7-30-22(25)26)19(39)35-16(9-12-10-29-11-32-12)20(40)34-15(21(41)42)4-2-8-31-23(27)28/h10-11,13-16H,1-9,24H2,(H,29,32)(H,33,38)(H,34,40)(H,35,39)(H,36,37)(H,41,42)(H4,25,26,30)(H4,27,28,31). The van der Waals surface area contributed by atoms with Gasteiger partial charge in [-0.1, -0.05) is 0 Å². The number of aliphatic imine (C=N–C) groups is 2. The van der Waals surface area contributed by atoms with Gasteiger partial charge in [-0.25, -0.2) is 9.78 Å². The molecule has 0 fully saturated rings. The molecule has 19 heteroatoms. The van der Waals surface area contributed by atoms with E-state index < -0.39 is 53.8 Å². The van der Waals surface area contributed by atoms with Crippen LogP contribution in [0.5, 0.6) is 0 Å². The average molecular weight is 597 g/mol. The SMILES string of the molecule is NC(N)=NCCCC(NC(=O)C(Cc1cnc[nH]1)NC(=O)C(CCCN=C(N)N)NC(=O)C(N)CCC(=O)O)C(=O)O. The van der Waals surface area contributed by atoms with Gasteiger partial charge in [0.2, 0.25) is 17.7 Å². The molecule has 0 aromatic carbocycles. The number of amides is 3. The van der Waals surface area contributed by atoms with Gasteiger partial charge in [-0.05, 0) is 32.1 Å². The van der Waals surface area contributed by atoms with Crippen LogP contribution in [0.25, 0.3) is 0 Å². The minimum Gasteiger partial charge on any atom is -0.481 e. The summed E-state index contributed by atoms with van der Waals surface area (Å²) in [5.41, 5.74) is 27.4. The first kappa shape index (κ1) is 35.1. The van der Waals surface area contributed by atoms with E-state index in [4.69, 9.17) is 33.8 Å². The zero-order chi connectivity index (χ0) is 31.7.